The smallest absolute Gasteiger partial charge is 0.228 e. The maximum atomic E-state index is 11.5. The predicted molar refractivity (Wildman–Crippen MR) is 58.5 cm³/mol. The molecule has 0 atom stereocenters. The van der Waals surface area contributed by atoms with Crippen LogP contribution in [0.25, 0.3) is 6.08 Å². The SMILES string of the molecule is COc1ccc2c(c1)CC(=O)NC(C)=C2. The molecule has 1 aliphatic heterocycles. The molecule has 3 nitrogen and oxygen atoms in total. The second-order valence-corrected chi connectivity index (χ2v) is 3.62. The van der Waals surface area contributed by atoms with Gasteiger partial charge in [0.15, 0.2) is 0 Å². The lowest BCUT2D eigenvalue weighted by molar-refractivity contribution is -0.119. The number of carbonyl (C=O) groups is 1. The van der Waals surface area contributed by atoms with Crippen molar-refractivity contribution in [2.45, 2.75) is 13.3 Å². The van der Waals surface area contributed by atoms with Crippen LogP contribution in [0.3, 0.4) is 0 Å². The van der Waals surface area contributed by atoms with Gasteiger partial charge in [-0.2, -0.15) is 0 Å². The van der Waals surface area contributed by atoms with Gasteiger partial charge in [0.25, 0.3) is 0 Å². The molecule has 1 aromatic carbocycles. The van der Waals surface area contributed by atoms with E-state index in [4.69, 9.17) is 4.74 Å². The van der Waals surface area contributed by atoms with Gasteiger partial charge >= 0.3 is 0 Å². The topological polar surface area (TPSA) is 38.3 Å². The fraction of sp³-hybridized carbons (Fsp3) is 0.250. The molecule has 1 heterocycles. The highest BCUT2D eigenvalue weighted by atomic mass is 16.5. The highest BCUT2D eigenvalue weighted by Gasteiger charge is 2.12. The van der Waals surface area contributed by atoms with Crippen molar-refractivity contribution >= 4 is 12.0 Å². The van der Waals surface area contributed by atoms with E-state index < -0.39 is 0 Å². The van der Waals surface area contributed by atoms with Crippen LogP contribution in [0.1, 0.15) is 18.1 Å². The third kappa shape index (κ3) is 2.01. The second kappa shape index (κ2) is 3.77. The van der Waals surface area contributed by atoms with Crippen molar-refractivity contribution in [2.75, 3.05) is 7.11 Å². The lowest BCUT2D eigenvalue weighted by Crippen LogP contribution is -2.21. The fourth-order valence-corrected chi connectivity index (χ4v) is 1.71. The third-order valence-electron chi connectivity index (χ3n) is 2.41. The maximum absolute atomic E-state index is 11.5. The first-order chi connectivity index (χ1) is 7.19. The Morgan fingerprint density at radius 1 is 1.40 bits per heavy atom. The van der Waals surface area contributed by atoms with Crippen LogP contribution in [0.15, 0.2) is 23.9 Å². The van der Waals surface area contributed by atoms with E-state index in [2.05, 4.69) is 5.32 Å². The summed E-state index contributed by atoms with van der Waals surface area (Å²) in [7, 11) is 1.62. The largest absolute Gasteiger partial charge is 0.497 e. The molecular formula is C12H13NO2. The summed E-state index contributed by atoms with van der Waals surface area (Å²) >= 11 is 0. The van der Waals surface area contributed by atoms with Crippen LogP contribution in [0.4, 0.5) is 0 Å². The summed E-state index contributed by atoms with van der Waals surface area (Å²) in [6, 6.07) is 5.78. The molecule has 1 aliphatic rings. The number of nitrogens with one attached hydrogen (secondary N) is 1. The Bertz CT molecular complexity index is 435. The minimum atomic E-state index is 0.0238. The van der Waals surface area contributed by atoms with Crippen molar-refractivity contribution in [1.29, 1.82) is 0 Å². The van der Waals surface area contributed by atoms with E-state index in [1.165, 1.54) is 0 Å². The third-order valence-corrected chi connectivity index (χ3v) is 2.41. The summed E-state index contributed by atoms with van der Waals surface area (Å²) in [5.41, 5.74) is 2.96. The van der Waals surface area contributed by atoms with Crippen LogP contribution in [0, 0.1) is 0 Å². The summed E-state index contributed by atoms with van der Waals surface area (Å²) in [5.74, 6) is 0.810. The van der Waals surface area contributed by atoms with Gasteiger partial charge in [-0.1, -0.05) is 6.07 Å². The van der Waals surface area contributed by atoms with Crippen molar-refractivity contribution in [3.05, 3.63) is 35.0 Å². The molecule has 0 radical (unpaired) electrons. The molecule has 0 aliphatic carbocycles. The molecular weight excluding hydrogens is 190 g/mol. The Morgan fingerprint density at radius 2 is 2.20 bits per heavy atom. The monoisotopic (exact) mass is 203 g/mol. The van der Waals surface area contributed by atoms with Crippen molar-refractivity contribution in [3.8, 4) is 5.75 Å². The predicted octanol–water partition coefficient (Wildman–Crippen LogP) is 1.73. The summed E-state index contributed by atoms with van der Waals surface area (Å²) in [4.78, 5) is 11.5. The van der Waals surface area contributed by atoms with E-state index >= 15 is 0 Å². The van der Waals surface area contributed by atoms with Crippen molar-refractivity contribution in [1.82, 2.24) is 5.32 Å². The molecule has 3 heteroatoms. The minimum Gasteiger partial charge on any atom is -0.497 e. The first kappa shape index (κ1) is 9.77. The molecule has 1 aromatic rings. The number of fused-ring (bicyclic) bond motifs is 1. The van der Waals surface area contributed by atoms with Gasteiger partial charge in [0.2, 0.25) is 5.91 Å². The zero-order valence-electron chi connectivity index (χ0n) is 8.83. The summed E-state index contributed by atoms with van der Waals surface area (Å²) < 4.78 is 5.13. The average molecular weight is 203 g/mol. The van der Waals surface area contributed by atoms with E-state index in [1.54, 1.807) is 7.11 Å². The Labute approximate surface area is 88.8 Å². The van der Waals surface area contributed by atoms with Gasteiger partial charge in [-0.25, -0.2) is 0 Å². The number of rotatable bonds is 1. The first-order valence-electron chi connectivity index (χ1n) is 4.84. The Kier molecular flexibility index (Phi) is 2.46. The molecule has 2 rings (SSSR count). The number of hydrogen-bond donors (Lipinski definition) is 1. The van der Waals surface area contributed by atoms with Crippen LogP contribution >= 0.6 is 0 Å². The van der Waals surface area contributed by atoms with Gasteiger partial charge in [0, 0.05) is 5.70 Å². The Balaban J connectivity index is 2.48. The number of amides is 1. The van der Waals surface area contributed by atoms with Gasteiger partial charge in [-0.3, -0.25) is 4.79 Å². The molecule has 15 heavy (non-hydrogen) atoms. The van der Waals surface area contributed by atoms with Crippen molar-refractivity contribution in [3.63, 3.8) is 0 Å². The van der Waals surface area contributed by atoms with Crippen molar-refractivity contribution < 1.29 is 9.53 Å². The molecule has 0 aromatic heterocycles. The maximum Gasteiger partial charge on any atom is 0.228 e. The number of ether oxygens (including phenoxy) is 1. The zero-order valence-corrected chi connectivity index (χ0v) is 8.83. The van der Waals surface area contributed by atoms with Crippen LogP contribution in [0.5, 0.6) is 5.75 Å². The summed E-state index contributed by atoms with van der Waals surface area (Å²) in [6.45, 7) is 1.89. The molecule has 0 unspecified atom stereocenters. The van der Waals surface area contributed by atoms with E-state index in [0.717, 1.165) is 22.6 Å². The number of benzene rings is 1. The zero-order chi connectivity index (χ0) is 10.8. The lowest BCUT2D eigenvalue weighted by Gasteiger charge is -2.05. The molecule has 0 saturated carbocycles. The molecule has 0 spiro atoms. The highest BCUT2D eigenvalue weighted by molar-refractivity contribution is 5.84. The summed E-state index contributed by atoms with van der Waals surface area (Å²) in [5, 5.41) is 2.81. The highest BCUT2D eigenvalue weighted by Crippen LogP contribution is 2.22. The van der Waals surface area contributed by atoms with Crippen LogP contribution in [-0.4, -0.2) is 13.0 Å². The van der Waals surface area contributed by atoms with Crippen LogP contribution < -0.4 is 10.1 Å². The first-order valence-corrected chi connectivity index (χ1v) is 4.84. The number of methoxy groups -OCH3 is 1. The van der Waals surface area contributed by atoms with E-state index in [1.807, 2.05) is 31.2 Å². The molecule has 1 N–H and O–H groups in total. The Hall–Kier alpha value is -1.77. The van der Waals surface area contributed by atoms with Gasteiger partial charge in [0.1, 0.15) is 5.75 Å². The van der Waals surface area contributed by atoms with Gasteiger partial charge in [0.05, 0.1) is 13.5 Å². The lowest BCUT2D eigenvalue weighted by atomic mass is 10.0. The fourth-order valence-electron chi connectivity index (χ4n) is 1.71. The molecule has 78 valence electrons. The molecule has 1 amide bonds. The summed E-state index contributed by atoms with van der Waals surface area (Å²) in [6.07, 6.45) is 2.38. The van der Waals surface area contributed by atoms with Crippen LogP contribution in [0.2, 0.25) is 0 Å². The normalized spacial score (nSPS) is 14.8. The minimum absolute atomic E-state index is 0.0238. The van der Waals surface area contributed by atoms with E-state index in [-0.39, 0.29) is 5.91 Å². The quantitative estimate of drug-likeness (QED) is 0.754. The average Bonchev–Trinajstić information content (AvgIpc) is 2.33. The second-order valence-electron chi connectivity index (χ2n) is 3.62. The van der Waals surface area contributed by atoms with Gasteiger partial charge < -0.3 is 10.1 Å². The van der Waals surface area contributed by atoms with Gasteiger partial charge in [-0.15, -0.1) is 0 Å². The number of hydrogen-bond acceptors (Lipinski definition) is 2. The standard InChI is InChI=1S/C12H13NO2/c1-8-5-9-3-4-11(15-2)6-10(9)7-12(14)13-8/h3-6H,7H2,1-2H3,(H,13,14). The molecule has 0 fully saturated rings. The van der Waals surface area contributed by atoms with Crippen molar-refractivity contribution in [2.24, 2.45) is 0 Å². The molecule has 0 bridgehead atoms. The number of allylic oxidation sites excluding steroid dienone is 1. The molecule has 0 saturated heterocycles. The van der Waals surface area contributed by atoms with E-state index in [0.29, 0.717) is 6.42 Å². The van der Waals surface area contributed by atoms with E-state index in [9.17, 15) is 4.79 Å². The van der Waals surface area contributed by atoms with Gasteiger partial charge in [-0.05, 0) is 36.3 Å². The number of carbonyl (C=O) groups excluding carboxylic acids is 1. The Morgan fingerprint density at radius 3 is 2.93 bits per heavy atom. The van der Waals surface area contributed by atoms with Crippen LogP contribution in [-0.2, 0) is 11.2 Å².